The van der Waals surface area contributed by atoms with E-state index in [0.717, 1.165) is 32.6 Å². The molecule has 0 N–H and O–H groups in total. The van der Waals surface area contributed by atoms with Crippen LogP contribution in [0.2, 0.25) is 0 Å². The number of aromatic nitrogens is 2. The molecule has 2 aliphatic heterocycles. The molecule has 0 amide bonds. The van der Waals surface area contributed by atoms with Crippen LogP contribution in [0.5, 0.6) is 0 Å². The molecule has 118 valence electrons. The van der Waals surface area contributed by atoms with Crippen LogP contribution in [0, 0.1) is 18.3 Å². The number of oxazole rings is 1. The maximum Gasteiger partial charge on any atom is 0.300 e. The van der Waals surface area contributed by atoms with Crippen molar-refractivity contribution < 1.29 is 4.42 Å². The molecule has 2 aromatic rings. The minimum atomic E-state index is 0. The van der Waals surface area contributed by atoms with Crippen LogP contribution in [0.1, 0.15) is 17.7 Å². The number of piperazine rings is 1. The highest BCUT2D eigenvalue weighted by molar-refractivity contribution is 5.85. The molecular weight excluding hydrogens is 325 g/mol. The van der Waals surface area contributed by atoms with Crippen molar-refractivity contribution in [1.82, 2.24) is 14.9 Å². The van der Waals surface area contributed by atoms with E-state index in [9.17, 15) is 0 Å². The summed E-state index contributed by atoms with van der Waals surface area (Å²) in [5.41, 5.74) is 2.44. The summed E-state index contributed by atoms with van der Waals surface area (Å²) < 4.78 is 5.84. The van der Waals surface area contributed by atoms with Crippen LogP contribution in [0.3, 0.4) is 0 Å². The minimum Gasteiger partial charge on any atom is -0.422 e. The lowest BCUT2D eigenvalue weighted by atomic mass is 10.2. The number of halogens is 2. The maximum atomic E-state index is 9.05. The van der Waals surface area contributed by atoms with Crippen LogP contribution in [0.4, 0.5) is 6.01 Å². The van der Waals surface area contributed by atoms with Crippen molar-refractivity contribution in [3.8, 4) is 6.07 Å². The molecule has 2 aliphatic rings. The second-order valence-electron chi connectivity index (χ2n) is 5.49. The Hall–Kier alpha value is -1.55. The molecule has 0 aromatic carbocycles. The van der Waals surface area contributed by atoms with Gasteiger partial charge in [-0.2, -0.15) is 10.2 Å². The van der Waals surface area contributed by atoms with E-state index in [0.29, 0.717) is 34.5 Å². The molecule has 2 bridgehead atoms. The number of pyridine rings is 1. The second kappa shape index (κ2) is 6.29. The van der Waals surface area contributed by atoms with E-state index in [4.69, 9.17) is 9.68 Å². The number of hydrogen-bond donors (Lipinski definition) is 0. The first-order valence-electron chi connectivity index (χ1n) is 6.92. The van der Waals surface area contributed by atoms with Gasteiger partial charge in [0, 0.05) is 38.3 Å². The third kappa shape index (κ3) is 2.60. The quantitative estimate of drug-likeness (QED) is 0.791. The third-order valence-electron chi connectivity index (χ3n) is 4.27. The van der Waals surface area contributed by atoms with Crippen molar-refractivity contribution >= 4 is 42.1 Å². The average molecular weight is 342 g/mol. The minimum absolute atomic E-state index is 0. The molecule has 22 heavy (non-hydrogen) atoms. The van der Waals surface area contributed by atoms with E-state index in [1.165, 1.54) is 0 Å². The first-order chi connectivity index (χ1) is 9.74. The summed E-state index contributed by atoms with van der Waals surface area (Å²) in [6, 6.07) is 5.01. The molecule has 0 saturated carbocycles. The summed E-state index contributed by atoms with van der Waals surface area (Å²) >= 11 is 0. The fourth-order valence-electron chi connectivity index (χ4n) is 3.13. The molecule has 1 unspecified atom stereocenters. The van der Waals surface area contributed by atoms with Gasteiger partial charge in [-0.1, -0.05) is 0 Å². The van der Waals surface area contributed by atoms with Gasteiger partial charge in [-0.25, -0.2) is 4.98 Å². The Morgan fingerprint density at radius 3 is 2.86 bits per heavy atom. The molecule has 2 saturated heterocycles. The zero-order valence-electron chi connectivity index (χ0n) is 12.2. The molecule has 4 rings (SSSR count). The Morgan fingerprint density at radius 2 is 2.09 bits per heavy atom. The van der Waals surface area contributed by atoms with Gasteiger partial charge in [0.2, 0.25) is 5.65 Å². The zero-order chi connectivity index (χ0) is 13.7. The number of anilines is 1. The van der Waals surface area contributed by atoms with E-state index in [1.807, 2.05) is 6.92 Å². The molecule has 4 heterocycles. The molecule has 2 atom stereocenters. The Labute approximate surface area is 140 Å². The first kappa shape index (κ1) is 16.8. The van der Waals surface area contributed by atoms with Crippen LogP contribution in [0.15, 0.2) is 10.5 Å². The highest BCUT2D eigenvalue weighted by atomic mass is 35.5. The Balaban J connectivity index is 0.000000882. The van der Waals surface area contributed by atoms with Gasteiger partial charge in [0.15, 0.2) is 5.58 Å². The van der Waals surface area contributed by atoms with Gasteiger partial charge in [0.25, 0.3) is 6.01 Å². The monoisotopic (exact) mass is 341 g/mol. The van der Waals surface area contributed by atoms with Gasteiger partial charge in [0.05, 0.1) is 11.3 Å². The lowest BCUT2D eigenvalue weighted by molar-refractivity contribution is 0.304. The highest BCUT2D eigenvalue weighted by Crippen LogP contribution is 2.29. The number of nitriles is 1. The fraction of sp³-hybridized carbons (Fsp3) is 0.500. The third-order valence-corrected chi connectivity index (χ3v) is 4.27. The summed E-state index contributed by atoms with van der Waals surface area (Å²) in [7, 11) is 0. The van der Waals surface area contributed by atoms with Crippen LogP contribution in [-0.2, 0) is 0 Å². The van der Waals surface area contributed by atoms with E-state index in [1.54, 1.807) is 6.07 Å². The number of aryl methyl sites for hydroxylation is 1. The Kier molecular flexibility index (Phi) is 4.81. The maximum absolute atomic E-state index is 9.05. The molecule has 0 radical (unpaired) electrons. The molecule has 2 aromatic heterocycles. The average Bonchev–Trinajstić information content (AvgIpc) is 3.02. The summed E-state index contributed by atoms with van der Waals surface area (Å²) in [6.07, 6.45) is 1.16. The lowest BCUT2D eigenvalue weighted by Gasteiger charge is -2.32. The van der Waals surface area contributed by atoms with Crippen molar-refractivity contribution in [2.75, 3.05) is 31.1 Å². The van der Waals surface area contributed by atoms with Gasteiger partial charge in [-0.05, 0) is 13.3 Å². The Morgan fingerprint density at radius 1 is 1.27 bits per heavy atom. The molecule has 6 nitrogen and oxygen atoms in total. The van der Waals surface area contributed by atoms with E-state index in [-0.39, 0.29) is 24.8 Å². The molecule has 0 spiro atoms. The van der Waals surface area contributed by atoms with Crippen molar-refractivity contribution in [2.45, 2.75) is 19.4 Å². The van der Waals surface area contributed by atoms with Gasteiger partial charge >= 0.3 is 0 Å². The van der Waals surface area contributed by atoms with E-state index in [2.05, 4.69) is 25.8 Å². The van der Waals surface area contributed by atoms with Crippen molar-refractivity contribution in [3.05, 3.63) is 17.3 Å². The first-order valence-corrected chi connectivity index (χ1v) is 6.92. The van der Waals surface area contributed by atoms with Gasteiger partial charge in [-0.3, -0.25) is 4.90 Å². The second-order valence-corrected chi connectivity index (χ2v) is 5.49. The predicted octanol–water partition coefficient (Wildman–Crippen LogP) is 2.14. The topological polar surface area (TPSA) is 69.2 Å². The van der Waals surface area contributed by atoms with Crippen molar-refractivity contribution in [2.24, 2.45) is 0 Å². The highest BCUT2D eigenvalue weighted by Gasteiger charge is 2.34. The number of hydrogen-bond acceptors (Lipinski definition) is 6. The van der Waals surface area contributed by atoms with Gasteiger partial charge in [-0.15, -0.1) is 24.8 Å². The van der Waals surface area contributed by atoms with Crippen LogP contribution in [-0.4, -0.2) is 47.1 Å². The summed E-state index contributed by atoms with van der Waals surface area (Å²) in [5.74, 6) is 0. The SMILES string of the molecule is Cc1nc2nc(N3CCN4CC[C@@H]3C4)oc2cc1C#N.Cl.Cl. The number of nitrogens with zero attached hydrogens (tertiary/aromatic N) is 5. The van der Waals surface area contributed by atoms with Crippen molar-refractivity contribution in [3.63, 3.8) is 0 Å². The Bertz CT molecular complexity index is 726. The number of rotatable bonds is 1. The zero-order valence-corrected chi connectivity index (χ0v) is 13.8. The van der Waals surface area contributed by atoms with Crippen molar-refractivity contribution in [1.29, 1.82) is 5.26 Å². The van der Waals surface area contributed by atoms with Gasteiger partial charge in [0.1, 0.15) is 6.07 Å². The summed E-state index contributed by atoms with van der Waals surface area (Å²) in [6.45, 7) is 6.08. The van der Waals surface area contributed by atoms with Gasteiger partial charge < -0.3 is 9.32 Å². The number of fused-ring (bicyclic) bond motifs is 3. The van der Waals surface area contributed by atoms with Crippen LogP contribution < -0.4 is 4.90 Å². The molecule has 8 heteroatoms. The van der Waals surface area contributed by atoms with Crippen LogP contribution >= 0.6 is 24.8 Å². The van der Waals surface area contributed by atoms with E-state index < -0.39 is 0 Å². The fourth-order valence-corrected chi connectivity index (χ4v) is 3.13. The van der Waals surface area contributed by atoms with E-state index >= 15 is 0 Å². The standard InChI is InChI=1S/C14H15N5O.2ClH/c1-9-10(7-15)6-12-13(16-9)17-14(20-12)19-5-4-18-3-2-11(19)8-18;;/h6,11H,2-5,8H2,1H3;2*1H/t11-;;/m1../s1. The largest absolute Gasteiger partial charge is 0.422 e. The molecule has 0 aliphatic carbocycles. The normalized spacial score (nSPS) is 22.8. The molecule has 2 fully saturated rings. The predicted molar refractivity (Wildman–Crippen MR) is 87.9 cm³/mol. The lowest BCUT2D eigenvalue weighted by Crippen LogP contribution is -2.46. The summed E-state index contributed by atoms with van der Waals surface area (Å²) in [5, 5.41) is 9.05. The molecular formula is C14H17Cl2N5O. The summed E-state index contributed by atoms with van der Waals surface area (Å²) in [4.78, 5) is 13.6. The smallest absolute Gasteiger partial charge is 0.300 e. The van der Waals surface area contributed by atoms with Crippen LogP contribution in [0.25, 0.3) is 11.2 Å².